The second kappa shape index (κ2) is 6.22. The first-order valence-electron chi connectivity index (χ1n) is 6.28. The molecule has 0 saturated heterocycles. The minimum Gasteiger partial charge on any atom is -0.482 e. The average molecular weight is 263 g/mol. The lowest BCUT2D eigenvalue weighted by Gasteiger charge is -2.07. The second-order valence-corrected chi connectivity index (χ2v) is 4.61. The lowest BCUT2D eigenvalue weighted by Crippen LogP contribution is -2.31. The van der Waals surface area contributed by atoms with Crippen LogP contribution >= 0.6 is 0 Å². The first-order chi connectivity index (χ1) is 9.13. The molecule has 0 atom stereocenters. The monoisotopic (exact) mass is 263 g/mol. The van der Waals surface area contributed by atoms with Crippen LogP contribution in [0.15, 0.2) is 24.3 Å². The Balaban J connectivity index is 1.65. The molecule has 19 heavy (non-hydrogen) atoms. The molecule has 1 fully saturated rings. The molecule has 0 bridgehead atoms. The number of nitrogens with one attached hydrogen (secondary N) is 1. The highest BCUT2D eigenvalue weighted by Crippen LogP contribution is 2.18. The molecular formula is C14H17NO4. The standard InChI is InChI=1S/C14H17NO4/c1-10-3-2-4-12(7-10)18-9-14(17)19-8-13(16)15-11-5-6-11/h2-4,7,11H,5-6,8-9H2,1H3,(H,15,16). The van der Waals surface area contributed by atoms with E-state index in [2.05, 4.69) is 5.32 Å². The van der Waals surface area contributed by atoms with Crippen molar-refractivity contribution in [3.05, 3.63) is 29.8 Å². The van der Waals surface area contributed by atoms with E-state index in [0.29, 0.717) is 5.75 Å². The van der Waals surface area contributed by atoms with Gasteiger partial charge in [0.25, 0.3) is 5.91 Å². The lowest BCUT2D eigenvalue weighted by molar-refractivity contribution is -0.150. The average Bonchev–Trinajstić information content (AvgIpc) is 3.18. The highest BCUT2D eigenvalue weighted by molar-refractivity contribution is 5.81. The van der Waals surface area contributed by atoms with Crippen LogP contribution in [0.1, 0.15) is 18.4 Å². The van der Waals surface area contributed by atoms with Gasteiger partial charge in [-0.25, -0.2) is 4.79 Å². The van der Waals surface area contributed by atoms with Crippen LogP contribution in [-0.4, -0.2) is 31.1 Å². The molecule has 1 aliphatic rings. The van der Waals surface area contributed by atoms with Crippen LogP contribution in [0.5, 0.6) is 5.75 Å². The van der Waals surface area contributed by atoms with E-state index in [1.54, 1.807) is 6.07 Å². The molecule has 1 N–H and O–H groups in total. The third kappa shape index (κ3) is 4.99. The van der Waals surface area contributed by atoms with Gasteiger partial charge in [0.1, 0.15) is 5.75 Å². The van der Waals surface area contributed by atoms with E-state index in [4.69, 9.17) is 9.47 Å². The zero-order valence-electron chi connectivity index (χ0n) is 10.8. The molecule has 0 aromatic heterocycles. The van der Waals surface area contributed by atoms with Crippen molar-refractivity contribution in [3.63, 3.8) is 0 Å². The van der Waals surface area contributed by atoms with Crippen LogP contribution in [0.4, 0.5) is 0 Å². The molecule has 5 nitrogen and oxygen atoms in total. The van der Waals surface area contributed by atoms with Crippen molar-refractivity contribution in [3.8, 4) is 5.75 Å². The Kier molecular flexibility index (Phi) is 4.39. The Morgan fingerprint density at radius 2 is 2.11 bits per heavy atom. The fraction of sp³-hybridized carbons (Fsp3) is 0.429. The fourth-order valence-corrected chi connectivity index (χ4v) is 1.53. The van der Waals surface area contributed by atoms with Crippen molar-refractivity contribution in [1.82, 2.24) is 5.32 Å². The van der Waals surface area contributed by atoms with E-state index >= 15 is 0 Å². The minimum absolute atomic E-state index is 0.194. The fourth-order valence-electron chi connectivity index (χ4n) is 1.53. The van der Waals surface area contributed by atoms with Crippen LogP contribution < -0.4 is 10.1 Å². The van der Waals surface area contributed by atoms with Gasteiger partial charge in [0.15, 0.2) is 13.2 Å². The number of esters is 1. The summed E-state index contributed by atoms with van der Waals surface area (Å²) in [4.78, 5) is 22.7. The van der Waals surface area contributed by atoms with Gasteiger partial charge in [0.05, 0.1) is 0 Å². The number of hydrogen-bond acceptors (Lipinski definition) is 4. The highest BCUT2D eigenvalue weighted by atomic mass is 16.6. The quantitative estimate of drug-likeness (QED) is 0.783. The van der Waals surface area contributed by atoms with Gasteiger partial charge in [-0.05, 0) is 37.5 Å². The Hall–Kier alpha value is -2.04. The first-order valence-corrected chi connectivity index (χ1v) is 6.28. The van der Waals surface area contributed by atoms with Crippen molar-refractivity contribution < 1.29 is 19.1 Å². The summed E-state index contributed by atoms with van der Waals surface area (Å²) < 4.78 is 10.1. The molecule has 1 saturated carbocycles. The van der Waals surface area contributed by atoms with E-state index in [-0.39, 0.29) is 25.2 Å². The summed E-state index contributed by atoms with van der Waals surface area (Å²) in [6.07, 6.45) is 2.02. The van der Waals surface area contributed by atoms with Gasteiger partial charge in [-0.2, -0.15) is 0 Å². The molecule has 0 spiro atoms. The summed E-state index contributed by atoms with van der Waals surface area (Å²) in [5.41, 5.74) is 1.05. The van der Waals surface area contributed by atoms with Gasteiger partial charge in [-0.3, -0.25) is 4.79 Å². The summed E-state index contributed by atoms with van der Waals surface area (Å²) in [7, 11) is 0. The number of ether oxygens (including phenoxy) is 2. The van der Waals surface area contributed by atoms with Crippen molar-refractivity contribution in [2.24, 2.45) is 0 Å². The lowest BCUT2D eigenvalue weighted by atomic mass is 10.2. The smallest absolute Gasteiger partial charge is 0.344 e. The molecule has 0 radical (unpaired) electrons. The maximum Gasteiger partial charge on any atom is 0.344 e. The van der Waals surface area contributed by atoms with Crippen LogP contribution in [0, 0.1) is 6.92 Å². The Morgan fingerprint density at radius 1 is 1.32 bits per heavy atom. The zero-order chi connectivity index (χ0) is 13.7. The molecule has 1 aliphatic carbocycles. The largest absolute Gasteiger partial charge is 0.482 e. The van der Waals surface area contributed by atoms with Crippen molar-refractivity contribution >= 4 is 11.9 Å². The molecule has 1 aromatic carbocycles. The number of carbonyl (C=O) groups excluding carboxylic acids is 2. The van der Waals surface area contributed by atoms with Gasteiger partial charge in [-0.15, -0.1) is 0 Å². The topological polar surface area (TPSA) is 64.6 Å². The number of amides is 1. The van der Waals surface area contributed by atoms with Gasteiger partial charge in [0.2, 0.25) is 0 Å². The molecule has 1 amide bonds. The van der Waals surface area contributed by atoms with E-state index < -0.39 is 5.97 Å². The molecular weight excluding hydrogens is 246 g/mol. The molecule has 0 aliphatic heterocycles. The minimum atomic E-state index is -0.549. The van der Waals surface area contributed by atoms with Gasteiger partial charge < -0.3 is 14.8 Å². The zero-order valence-corrected chi connectivity index (χ0v) is 10.8. The number of aryl methyl sites for hydroxylation is 1. The summed E-state index contributed by atoms with van der Waals surface area (Å²) in [6, 6.07) is 7.65. The number of rotatable bonds is 6. The van der Waals surface area contributed by atoms with Gasteiger partial charge in [0, 0.05) is 6.04 Å². The van der Waals surface area contributed by atoms with E-state index in [1.165, 1.54) is 0 Å². The molecule has 2 rings (SSSR count). The van der Waals surface area contributed by atoms with Crippen molar-refractivity contribution in [2.45, 2.75) is 25.8 Å². The second-order valence-electron chi connectivity index (χ2n) is 4.61. The van der Waals surface area contributed by atoms with E-state index in [0.717, 1.165) is 18.4 Å². The van der Waals surface area contributed by atoms with Gasteiger partial charge in [-0.1, -0.05) is 12.1 Å². The van der Waals surface area contributed by atoms with Crippen LogP contribution in [0.25, 0.3) is 0 Å². The molecule has 0 heterocycles. The van der Waals surface area contributed by atoms with Gasteiger partial charge >= 0.3 is 5.97 Å². The first kappa shape index (κ1) is 13.4. The number of carbonyl (C=O) groups is 2. The third-order valence-electron chi connectivity index (χ3n) is 2.65. The van der Waals surface area contributed by atoms with Crippen LogP contribution in [-0.2, 0) is 14.3 Å². The Bertz CT molecular complexity index is 468. The van der Waals surface area contributed by atoms with E-state index in [9.17, 15) is 9.59 Å². The SMILES string of the molecule is Cc1cccc(OCC(=O)OCC(=O)NC2CC2)c1. The molecule has 1 aromatic rings. The van der Waals surface area contributed by atoms with Crippen LogP contribution in [0.3, 0.4) is 0 Å². The van der Waals surface area contributed by atoms with E-state index in [1.807, 2.05) is 25.1 Å². The summed E-state index contributed by atoms with van der Waals surface area (Å²) in [5, 5.41) is 2.73. The summed E-state index contributed by atoms with van der Waals surface area (Å²) in [6.45, 7) is 1.50. The summed E-state index contributed by atoms with van der Waals surface area (Å²) in [5.74, 6) is -0.196. The maximum absolute atomic E-state index is 11.4. The molecule has 102 valence electrons. The normalized spacial score (nSPS) is 13.7. The number of benzene rings is 1. The maximum atomic E-state index is 11.4. The predicted octanol–water partition coefficient (Wildman–Crippen LogP) is 1.20. The molecule has 5 heteroatoms. The molecule has 0 unspecified atom stereocenters. The van der Waals surface area contributed by atoms with Crippen molar-refractivity contribution in [2.75, 3.05) is 13.2 Å². The highest BCUT2D eigenvalue weighted by Gasteiger charge is 2.23. The number of hydrogen-bond donors (Lipinski definition) is 1. The Morgan fingerprint density at radius 3 is 2.79 bits per heavy atom. The third-order valence-corrected chi connectivity index (χ3v) is 2.65. The summed E-state index contributed by atoms with van der Waals surface area (Å²) >= 11 is 0. The van der Waals surface area contributed by atoms with Crippen LogP contribution in [0.2, 0.25) is 0 Å². The Labute approximate surface area is 111 Å². The van der Waals surface area contributed by atoms with Crippen molar-refractivity contribution in [1.29, 1.82) is 0 Å². The predicted molar refractivity (Wildman–Crippen MR) is 68.8 cm³/mol.